The van der Waals surface area contributed by atoms with E-state index in [0.717, 1.165) is 0 Å². The van der Waals surface area contributed by atoms with E-state index in [0.29, 0.717) is 54.8 Å². The number of aliphatic hydroxyl groups excluding tert-OH is 1. The normalized spacial score (nSPS) is 19.0. The first-order chi connectivity index (χ1) is 15.3. The van der Waals surface area contributed by atoms with Crippen molar-refractivity contribution in [2.45, 2.75) is 26.0 Å². The number of piperidine rings is 1. The second kappa shape index (κ2) is 11.1. The molecular formula is C21H27Cl2FN6O2. The zero-order valence-corrected chi connectivity index (χ0v) is 19.3. The molecule has 4 N–H and O–H groups in total. The number of aromatic nitrogens is 2. The zero-order valence-electron chi connectivity index (χ0n) is 17.8. The Morgan fingerprint density at radius 3 is 2.72 bits per heavy atom. The van der Waals surface area contributed by atoms with Crippen LogP contribution in [0, 0.1) is 11.7 Å². The first kappa shape index (κ1) is 24.4. The molecule has 1 aromatic carbocycles. The van der Waals surface area contributed by atoms with Gasteiger partial charge < -0.3 is 21.1 Å². The highest BCUT2D eigenvalue weighted by Crippen LogP contribution is 2.29. The molecule has 11 heteroatoms. The second-order valence-electron chi connectivity index (χ2n) is 7.77. The van der Waals surface area contributed by atoms with E-state index < -0.39 is 17.8 Å². The molecule has 0 bridgehead atoms. The first-order valence-electron chi connectivity index (χ1n) is 10.4. The fourth-order valence-electron chi connectivity index (χ4n) is 3.79. The summed E-state index contributed by atoms with van der Waals surface area (Å²) in [5, 5.41) is 14.4. The fourth-order valence-corrected chi connectivity index (χ4v) is 4.31. The number of halogens is 3. The van der Waals surface area contributed by atoms with Crippen LogP contribution in [0.25, 0.3) is 0 Å². The lowest BCUT2D eigenvalue weighted by atomic mass is 9.94. The third kappa shape index (κ3) is 5.98. The number of carbonyl (C=O) groups excluding carboxylic acids is 1. The minimum Gasteiger partial charge on any atom is -0.391 e. The molecule has 0 radical (unpaired) electrons. The van der Waals surface area contributed by atoms with Crippen LogP contribution >= 0.6 is 23.2 Å². The minimum absolute atomic E-state index is 0.0606. The molecule has 2 heterocycles. The van der Waals surface area contributed by atoms with Gasteiger partial charge >= 0.3 is 0 Å². The number of hydrogen-bond acceptors (Lipinski definition) is 7. The van der Waals surface area contributed by atoms with Crippen molar-refractivity contribution in [3.05, 3.63) is 46.0 Å². The van der Waals surface area contributed by atoms with Gasteiger partial charge in [-0.3, -0.25) is 9.69 Å². The van der Waals surface area contributed by atoms with E-state index in [9.17, 15) is 9.90 Å². The summed E-state index contributed by atoms with van der Waals surface area (Å²) in [4.78, 5) is 22.8. The van der Waals surface area contributed by atoms with Gasteiger partial charge in [-0.05, 0) is 32.0 Å². The van der Waals surface area contributed by atoms with Crippen LogP contribution in [0.3, 0.4) is 0 Å². The number of aliphatic hydroxyl groups is 1. The molecule has 1 aliphatic heterocycles. The number of hydrogen-bond donors (Lipinski definition) is 3. The van der Waals surface area contributed by atoms with Crippen LogP contribution in [0.15, 0.2) is 24.5 Å². The molecule has 2 unspecified atom stereocenters. The summed E-state index contributed by atoms with van der Waals surface area (Å²) in [7, 11) is 0. The molecule has 1 aromatic heterocycles. The van der Waals surface area contributed by atoms with Gasteiger partial charge in [-0.2, -0.15) is 4.39 Å². The Bertz CT molecular complexity index is 930. The van der Waals surface area contributed by atoms with E-state index in [4.69, 9.17) is 28.9 Å². The molecule has 0 spiro atoms. The van der Waals surface area contributed by atoms with Crippen molar-refractivity contribution in [2.75, 3.05) is 42.9 Å². The van der Waals surface area contributed by atoms with E-state index in [1.807, 2.05) is 11.8 Å². The molecule has 2 atom stereocenters. The van der Waals surface area contributed by atoms with E-state index in [2.05, 4.69) is 15.3 Å². The van der Waals surface area contributed by atoms with Crippen molar-refractivity contribution in [1.82, 2.24) is 14.9 Å². The summed E-state index contributed by atoms with van der Waals surface area (Å²) < 4.78 is 15.3. The van der Waals surface area contributed by atoms with Gasteiger partial charge in [0.25, 0.3) is 0 Å². The van der Waals surface area contributed by atoms with Crippen LogP contribution in [0.4, 0.5) is 16.0 Å². The molecular weight excluding hydrogens is 458 g/mol. The predicted molar refractivity (Wildman–Crippen MR) is 123 cm³/mol. The van der Waals surface area contributed by atoms with Crippen LogP contribution in [0.5, 0.6) is 0 Å². The van der Waals surface area contributed by atoms with Crippen molar-refractivity contribution in [3.63, 3.8) is 0 Å². The quantitative estimate of drug-likeness (QED) is 0.501. The highest BCUT2D eigenvalue weighted by molar-refractivity contribution is 6.36. The predicted octanol–water partition coefficient (Wildman–Crippen LogP) is 2.53. The van der Waals surface area contributed by atoms with E-state index in [1.54, 1.807) is 23.1 Å². The maximum atomic E-state index is 15.3. The molecule has 1 aliphatic rings. The van der Waals surface area contributed by atoms with Gasteiger partial charge in [0.05, 0.1) is 12.6 Å². The lowest BCUT2D eigenvalue weighted by molar-refractivity contribution is -0.120. The molecule has 1 saturated heterocycles. The Balaban J connectivity index is 1.68. The van der Waals surface area contributed by atoms with Crippen LogP contribution in [0.2, 0.25) is 10.0 Å². The van der Waals surface area contributed by atoms with Gasteiger partial charge in [0.2, 0.25) is 11.7 Å². The van der Waals surface area contributed by atoms with Gasteiger partial charge in [0.15, 0.2) is 11.6 Å². The highest BCUT2D eigenvalue weighted by atomic mass is 35.5. The van der Waals surface area contributed by atoms with Crippen molar-refractivity contribution in [1.29, 1.82) is 0 Å². The average molecular weight is 485 g/mol. The number of amides is 1. The lowest BCUT2D eigenvalue weighted by Gasteiger charge is -2.35. The third-order valence-corrected chi connectivity index (χ3v) is 6.29. The Labute approximate surface area is 196 Å². The topological polar surface area (TPSA) is 108 Å². The number of primary amides is 1. The van der Waals surface area contributed by atoms with Gasteiger partial charge in [-0.25, -0.2) is 9.97 Å². The fraction of sp³-hybridized carbons (Fsp3) is 0.476. The summed E-state index contributed by atoms with van der Waals surface area (Å²) in [6, 6.07) is 5.23. The number of nitrogens with zero attached hydrogens (tertiary/aromatic N) is 4. The molecule has 8 nitrogen and oxygen atoms in total. The van der Waals surface area contributed by atoms with E-state index in [1.165, 1.54) is 6.33 Å². The van der Waals surface area contributed by atoms with Crippen molar-refractivity contribution in [3.8, 4) is 0 Å². The minimum atomic E-state index is -0.658. The van der Waals surface area contributed by atoms with E-state index >= 15 is 4.39 Å². The van der Waals surface area contributed by atoms with Gasteiger partial charge in [-0.15, -0.1) is 0 Å². The Hall–Kier alpha value is -2.20. The smallest absolute Gasteiger partial charge is 0.231 e. The zero-order chi connectivity index (χ0) is 23.3. The van der Waals surface area contributed by atoms with Gasteiger partial charge in [0.1, 0.15) is 6.33 Å². The molecule has 1 fully saturated rings. The lowest BCUT2D eigenvalue weighted by Crippen LogP contribution is -2.48. The van der Waals surface area contributed by atoms with Gasteiger partial charge in [0, 0.05) is 47.7 Å². The molecule has 0 aliphatic carbocycles. The monoisotopic (exact) mass is 484 g/mol. The van der Waals surface area contributed by atoms with Crippen molar-refractivity contribution < 1.29 is 14.3 Å². The highest BCUT2D eigenvalue weighted by Gasteiger charge is 2.28. The molecule has 0 saturated carbocycles. The summed E-state index contributed by atoms with van der Waals surface area (Å²) in [5.41, 5.74) is 5.91. The molecule has 1 amide bonds. The second-order valence-corrected chi connectivity index (χ2v) is 8.59. The Morgan fingerprint density at radius 2 is 2.09 bits per heavy atom. The van der Waals surface area contributed by atoms with Crippen LogP contribution in [0.1, 0.15) is 18.9 Å². The Morgan fingerprint density at radius 1 is 1.38 bits per heavy atom. The summed E-state index contributed by atoms with van der Waals surface area (Å²) in [6.07, 6.45) is 1.28. The van der Waals surface area contributed by atoms with Crippen molar-refractivity contribution in [2.24, 2.45) is 11.7 Å². The molecule has 3 rings (SSSR count). The largest absolute Gasteiger partial charge is 0.391 e. The number of rotatable bonds is 9. The molecule has 2 aromatic rings. The number of nitrogens with one attached hydrogen (secondary N) is 1. The Kier molecular flexibility index (Phi) is 8.47. The third-order valence-electron chi connectivity index (χ3n) is 5.58. The molecule has 174 valence electrons. The SMILES string of the molecule is CCN(Cc1c(Cl)cccc1Cl)c1ncnc(NCC2CCN(CC(N)=O)CC2O)c1F. The number of nitrogens with two attached hydrogens (primary N) is 1. The van der Waals surface area contributed by atoms with Crippen molar-refractivity contribution >= 4 is 40.7 Å². The van der Waals surface area contributed by atoms with Crippen LogP contribution in [-0.2, 0) is 11.3 Å². The number of anilines is 2. The first-order valence-corrected chi connectivity index (χ1v) is 11.2. The number of likely N-dealkylation sites (tertiary alicyclic amines) is 1. The van der Waals surface area contributed by atoms with E-state index in [-0.39, 0.29) is 24.1 Å². The maximum Gasteiger partial charge on any atom is 0.231 e. The van der Waals surface area contributed by atoms with Crippen LogP contribution < -0.4 is 16.0 Å². The summed E-state index contributed by atoms with van der Waals surface area (Å²) >= 11 is 12.5. The van der Waals surface area contributed by atoms with Gasteiger partial charge in [-0.1, -0.05) is 29.3 Å². The number of benzene rings is 1. The standard InChI is InChI=1S/C21H27Cl2FN6O2/c1-2-30(9-14-15(22)4-3-5-16(14)23)21-19(24)20(27-12-28-21)26-8-13-6-7-29(10-17(13)31)11-18(25)32/h3-5,12-13,17,31H,2,6-11H2,1H3,(H2,25,32)(H,26,27,28). The number of β-amino-alcohol motifs (C(OH)–C–C–N with tert-alkyl or cyclic N) is 1. The number of carbonyl (C=O) groups is 1. The molecule has 32 heavy (non-hydrogen) atoms. The maximum absolute atomic E-state index is 15.3. The van der Waals surface area contributed by atoms with Crippen LogP contribution in [-0.4, -0.2) is 64.7 Å². The summed E-state index contributed by atoms with van der Waals surface area (Å²) in [5.74, 6) is -0.925. The summed E-state index contributed by atoms with van der Waals surface area (Å²) in [6.45, 7) is 4.08. The average Bonchev–Trinajstić information content (AvgIpc) is 2.74.